The molecule has 14 heteroatoms. The molecule has 8 nitrogen and oxygen atoms in total. The second kappa shape index (κ2) is 21.8. The highest BCUT2D eigenvalue weighted by Crippen LogP contribution is 2.74. The van der Waals surface area contributed by atoms with E-state index < -0.39 is 63.4 Å². The maximum absolute atomic E-state index is 15.9. The van der Waals surface area contributed by atoms with Gasteiger partial charge in [-0.2, -0.15) is 0 Å². The number of hydrogen-bond donors (Lipinski definition) is 2. The number of esters is 2. The van der Waals surface area contributed by atoms with Gasteiger partial charge in [0.25, 0.3) is 11.8 Å². The van der Waals surface area contributed by atoms with E-state index in [2.05, 4.69) is 94.7 Å². The third-order valence-corrected chi connectivity index (χ3v) is 25.3. The Labute approximate surface area is 447 Å². The standard InChI is InChI=1S/2C30H52F2O4Si/c2*1-9-19-26(36-37(6,7)8)25-21-12-11-20(18(2)10-13-24(34)35-5)28(21,3)16-14-22(25)29(4)17-15-23(33)30(31,32)27(19)29/h2*18-23,25-27,33H,9-17H2,1-8H3/t2*18-,19+,20?,21?,22?,23-,25?,26-,27+,28-,29-/m11/s1. The molecule has 8 fully saturated rings. The van der Waals surface area contributed by atoms with Crippen LogP contribution in [0, 0.1) is 105 Å². The molecule has 0 bridgehead atoms. The first-order valence-electron chi connectivity index (χ1n) is 29.8. The van der Waals surface area contributed by atoms with Gasteiger partial charge in [0.2, 0.25) is 0 Å². The molecule has 0 spiro atoms. The molecule has 2 N–H and O–H groups in total. The van der Waals surface area contributed by atoms with Gasteiger partial charge in [-0.25, -0.2) is 17.6 Å². The van der Waals surface area contributed by atoms with E-state index in [0.717, 1.165) is 64.2 Å². The monoisotopic (exact) mass is 1080 g/mol. The Hall–Kier alpha value is -1.07. The van der Waals surface area contributed by atoms with E-state index in [1.807, 2.05) is 0 Å². The van der Waals surface area contributed by atoms with Crippen LogP contribution in [0.5, 0.6) is 0 Å². The number of aliphatic hydroxyl groups is 2. The topological polar surface area (TPSA) is 112 Å². The zero-order valence-corrected chi connectivity index (χ0v) is 51.0. The van der Waals surface area contributed by atoms with Crippen LogP contribution in [-0.2, 0) is 27.9 Å². The molecule has 8 unspecified atom stereocenters. The number of hydrogen-bond acceptors (Lipinski definition) is 8. The van der Waals surface area contributed by atoms with E-state index >= 15 is 17.6 Å². The van der Waals surface area contributed by atoms with Gasteiger partial charge < -0.3 is 28.5 Å². The molecule has 8 rings (SSSR count). The van der Waals surface area contributed by atoms with Crippen LogP contribution in [0.4, 0.5) is 17.6 Å². The molecule has 0 heterocycles. The fourth-order valence-electron chi connectivity index (χ4n) is 20.4. The van der Waals surface area contributed by atoms with Gasteiger partial charge in [-0.05, 0) is 222 Å². The van der Waals surface area contributed by atoms with Crippen LogP contribution >= 0.6 is 0 Å². The van der Waals surface area contributed by atoms with Gasteiger partial charge in [-0.1, -0.05) is 68.2 Å². The highest BCUT2D eigenvalue weighted by Gasteiger charge is 2.73. The molecule has 8 aliphatic carbocycles. The van der Waals surface area contributed by atoms with Crippen molar-refractivity contribution >= 4 is 28.6 Å². The zero-order chi connectivity index (χ0) is 55.1. The summed E-state index contributed by atoms with van der Waals surface area (Å²) in [5, 5.41) is 21.0. The second-order valence-electron chi connectivity index (χ2n) is 29.2. The summed E-state index contributed by atoms with van der Waals surface area (Å²) in [6.45, 7) is 31.0. The van der Waals surface area contributed by atoms with E-state index in [9.17, 15) is 19.8 Å². The van der Waals surface area contributed by atoms with Crippen LogP contribution in [0.1, 0.15) is 171 Å². The lowest BCUT2D eigenvalue weighted by Gasteiger charge is -2.67. The van der Waals surface area contributed by atoms with Gasteiger partial charge in [0.05, 0.1) is 26.4 Å². The fourth-order valence-corrected chi connectivity index (χ4v) is 22.7. The summed E-state index contributed by atoms with van der Waals surface area (Å²) < 4.78 is 87.5. The maximum atomic E-state index is 15.9. The Morgan fingerprint density at radius 2 is 0.838 bits per heavy atom. The average molecular weight is 1090 g/mol. The third kappa shape index (κ3) is 10.6. The summed E-state index contributed by atoms with van der Waals surface area (Å²) in [5.74, 6) is -4.88. The molecule has 74 heavy (non-hydrogen) atoms. The van der Waals surface area contributed by atoms with E-state index in [0.29, 0.717) is 74.0 Å². The molecule has 0 aromatic carbocycles. The molecule has 0 radical (unpaired) electrons. The number of fused-ring (bicyclic) bond motifs is 10. The number of carbonyl (C=O) groups is 2. The highest BCUT2D eigenvalue weighted by atomic mass is 28.4. The Kier molecular flexibility index (Phi) is 17.8. The van der Waals surface area contributed by atoms with Gasteiger partial charge in [0.1, 0.15) is 12.2 Å². The average Bonchev–Trinajstić information content (AvgIpc) is 3.87. The van der Waals surface area contributed by atoms with Gasteiger partial charge in [-0.15, -0.1) is 0 Å². The molecule has 0 aromatic heterocycles. The fraction of sp³-hybridized carbons (Fsp3) is 0.967. The van der Waals surface area contributed by atoms with Crippen molar-refractivity contribution in [2.75, 3.05) is 14.2 Å². The predicted molar refractivity (Wildman–Crippen MR) is 289 cm³/mol. The first-order valence-corrected chi connectivity index (χ1v) is 36.7. The molecule has 8 saturated carbocycles. The lowest BCUT2D eigenvalue weighted by Crippen LogP contribution is -2.68. The zero-order valence-electron chi connectivity index (χ0n) is 49.0. The minimum Gasteiger partial charge on any atom is -0.469 e. The van der Waals surface area contributed by atoms with Crippen LogP contribution in [-0.4, -0.2) is 89.3 Å². The van der Waals surface area contributed by atoms with Crippen molar-refractivity contribution in [1.29, 1.82) is 0 Å². The van der Waals surface area contributed by atoms with Crippen LogP contribution in [0.2, 0.25) is 39.3 Å². The van der Waals surface area contributed by atoms with E-state index in [-0.39, 0.29) is 83.3 Å². The van der Waals surface area contributed by atoms with Crippen molar-refractivity contribution in [1.82, 2.24) is 0 Å². The number of carbonyl (C=O) groups excluding carboxylic acids is 2. The Morgan fingerprint density at radius 3 is 1.14 bits per heavy atom. The summed E-state index contributed by atoms with van der Waals surface area (Å²) in [6, 6.07) is 0. The number of methoxy groups -OCH3 is 2. The van der Waals surface area contributed by atoms with Crippen molar-refractivity contribution in [2.24, 2.45) is 105 Å². The van der Waals surface area contributed by atoms with E-state index in [1.165, 1.54) is 14.2 Å². The molecular formula is C60H104F4O8Si2. The first-order chi connectivity index (χ1) is 34.2. The van der Waals surface area contributed by atoms with Crippen molar-refractivity contribution < 1.29 is 55.7 Å². The first kappa shape index (κ1) is 60.6. The minimum absolute atomic E-state index is 0.135. The van der Waals surface area contributed by atoms with Crippen molar-refractivity contribution in [3.63, 3.8) is 0 Å². The van der Waals surface area contributed by atoms with Crippen LogP contribution in [0.15, 0.2) is 0 Å². The third-order valence-electron chi connectivity index (χ3n) is 23.4. The lowest BCUT2D eigenvalue weighted by molar-refractivity contribution is -0.284. The van der Waals surface area contributed by atoms with Gasteiger partial charge in [-0.3, -0.25) is 9.59 Å². The predicted octanol–water partition coefficient (Wildman–Crippen LogP) is 14.6. The summed E-state index contributed by atoms with van der Waals surface area (Å²) in [5.41, 5.74) is -0.696. The quantitative estimate of drug-likeness (QED) is 0.101. The molecule has 0 aliphatic heterocycles. The Morgan fingerprint density at radius 1 is 0.527 bits per heavy atom. The maximum Gasteiger partial charge on any atom is 0.305 e. The van der Waals surface area contributed by atoms with Gasteiger partial charge in [0, 0.05) is 24.7 Å². The van der Waals surface area contributed by atoms with Gasteiger partial charge >= 0.3 is 11.9 Å². The van der Waals surface area contributed by atoms with Crippen LogP contribution in [0.25, 0.3) is 0 Å². The Balaban J connectivity index is 0.000000216. The molecule has 8 aliphatic rings. The second-order valence-corrected chi connectivity index (χ2v) is 38.1. The van der Waals surface area contributed by atoms with E-state index in [4.69, 9.17) is 18.3 Å². The summed E-state index contributed by atoms with van der Waals surface area (Å²) in [7, 11) is -1.13. The van der Waals surface area contributed by atoms with E-state index in [1.54, 1.807) is 0 Å². The number of rotatable bonds is 14. The minimum atomic E-state index is -3.08. The SMILES string of the molecule is CC[C@@H]1[C@@H]2C(F)(F)[C@H](O)CC[C@]2(C)C2CC[C@@]3(C)C(CCC3[C@H](C)CCC(=O)OC)C2[C@@H]1O[Si](C)(C)C.CC[C@@H]1[C@@H]2C(F)(F)[C@H](O)CC[C@]2(C)C2CC[C@@]3(C)C(CCC3[C@H](C)CCC(=O)OC)C2[C@@H]1O[Si](C)(C)C. The number of halogens is 4. The number of ether oxygens (including phenoxy) is 2. The molecular weight excluding hydrogens is 981 g/mol. The van der Waals surface area contributed by atoms with Gasteiger partial charge in [0.15, 0.2) is 16.6 Å². The Bertz CT molecular complexity index is 1830. The number of aliphatic hydroxyl groups excluding tert-OH is 2. The van der Waals surface area contributed by atoms with Crippen molar-refractivity contribution in [2.45, 2.75) is 247 Å². The highest BCUT2D eigenvalue weighted by molar-refractivity contribution is 6.70. The summed E-state index contributed by atoms with van der Waals surface area (Å²) in [6.07, 6.45) is 10.7. The molecule has 0 amide bonds. The smallest absolute Gasteiger partial charge is 0.305 e. The van der Waals surface area contributed by atoms with Crippen LogP contribution < -0.4 is 0 Å². The normalized spacial score (nSPS) is 45.9. The summed E-state index contributed by atoms with van der Waals surface area (Å²) >= 11 is 0. The lowest BCUT2D eigenvalue weighted by atomic mass is 9.40. The number of alkyl halides is 4. The molecule has 0 saturated heterocycles. The van der Waals surface area contributed by atoms with Crippen LogP contribution in [0.3, 0.4) is 0 Å². The summed E-state index contributed by atoms with van der Waals surface area (Å²) in [4.78, 5) is 23.7. The van der Waals surface area contributed by atoms with Crippen molar-refractivity contribution in [3.8, 4) is 0 Å². The molecule has 428 valence electrons. The largest absolute Gasteiger partial charge is 0.469 e. The molecule has 0 aromatic rings. The molecule has 22 atom stereocenters. The van der Waals surface area contributed by atoms with Crippen molar-refractivity contribution in [3.05, 3.63) is 0 Å².